The number of hydrogen-bond acceptors (Lipinski definition) is 3. The van der Waals surface area contributed by atoms with E-state index in [4.69, 9.17) is 4.98 Å². The number of aromatic nitrogens is 2. The summed E-state index contributed by atoms with van der Waals surface area (Å²) in [6, 6.07) is 31.9. The first-order valence-electron chi connectivity index (χ1n) is 13.1. The van der Waals surface area contributed by atoms with Crippen molar-refractivity contribution in [2.45, 2.75) is 38.8 Å². The highest BCUT2D eigenvalue weighted by molar-refractivity contribution is 6.05. The molecule has 2 amide bonds. The molecule has 0 aliphatic carbocycles. The SMILES string of the molecule is CC(C)N(C(=O)Cn1c(C2CC(=O)N(c3cccc4ccccc34)C2)nc2ccccc21)c1ccccc1. The molecule has 0 bridgehead atoms. The van der Waals surface area contributed by atoms with Gasteiger partial charge in [0, 0.05) is 36.0 Å². The Labute approximate surface area is 222 Å². The second-order valence-corrected chi connectivity index (χ2v) is 10.1. The summed E-state index contributed by atoms with van der Waals surface area (Å²) in [6.45, 7) is 4.73. The molecule has 0 radical (unpaired) electrons. The number of anilines is 2. The van der Waals surface area contributed by atoms with Crippen LogP contribution < -0.4 is 9.80 Å². The highest BCUT2D eigenvalue weighted by atomic mass is 16.2. The molecule has 0 N–H and O–H groups in total. The van der Waals surface area contributed by atoms with Crippen LogP contribution in [0.5, 0.6) is 0 Å². The molecule has 1 unspecified atom stereocenters. The molecule has 6 nitrogen and oxygen atoms in total. The molecule has 6 rings (SSSR count). The van der Waals surface area contributed by atoms with Gasteiger partial charge in [0.15, 0.2) is 0 Å². The number of fused-ring (bicyclic) bond motifs is 2. The topological polar surface area (TPSA) is 58.4 Å². The molecule has 38 heavy (non-hydrogen) atoms. The van der Waals surface area contributed by atoms with E-state index >= 15 is 0 Å². The van der Waals surface area contributed by atoms with Crippen molar-refractivity contribution in [1.82, 2.24) is 9.55 Å². The predicted octanol–water partition coefficient (Wildman–Crippen LogP) is 6.15. The third kappa shape index (κ3) is 4.22. The van der Waals surface area contributed by atoms with Crippen molar-refractivity contribution in [1.29, 1.82) is 0 Å². The molecule has 1 atom stereocenters. The van der Waals surface area contributed by atoms with Crippen LogP contribution >= 0.6 is 0 Å². The maximum atomic E-state index is 13.8. The van der Waals surface area contributed by atoms with Crippen LogP contribution in [-0.4, -0.2) is 34.0 Å². The summed E-state index contributed by atoms with van der Waals surface area (Å²) >= 11 is 0. The maximum Gasteiger partial charge on any atom is 0.247 e. The second-order valence-electron chi connectivity index (χ2n) is 10.1. The van der Waals surface area contributed by atoms with Gasteiger partial charge in [-0.2, -0.15) is 0 Å². The standard InChI is InChI=1S/C32H30N4O2/c1-22(2)36(25-13-4-3-5-14-25)31(38)21-35-29-17-9-8-16-27(29)33-32(35)24-19-30(37)34(20-24)28-18-10-12-23-11-6-7-15-26(23)28/h3-18,22,24H,19-21H2,1-2H3. The Bertz CT molecular complexity index is 1630. The van der Waals surface area contributed by atoms with Crippen LogP contribution in [0.4, 0.5) is 11.4 Å². The molecule has 2 heterocycles. The van der Waals surface area contributed by atoms with E-state index in [1.165, 1.54) is 0 Å². The summed E-state index contributed by atoms with van der Waals surface area (Å²) in [4.78, 5) is 35.8. The highest BCUT2D eigenvalue weighted by Crippen LogP contribution is 2.36. The zero-order chi connectivity index (χ0) is 26.2. The summed E-state index contributed by atoms with van der Waals surface area (Å²) < 4.78 is 2.01. The lowest BCUT2D eigenvalue weighted by Gasteiger charge is -2.28. The largest absolute Gasteiger partial charge is 0.318 e. The molecular weight excluding hydrogens is 472 g/mol. The summed E-state index contributed by atoms with van der Waals surface area (Å²) in [5, 5.41) is 2.16. The number of carbonyl (C=O) groups excluding carboxylic acids is 2. The zero-order valence-electron chi connectivity index (χ0n) is 21.6. The number of rotatable bonds is 6. The lowest BCUT2D eigenvalue weighted by molar-refractivity contribution is -0.119. The molecule has 1 aromatic heterocycles. The molecule has 4 aromatic carbocycles. The Morgan fingerprint density at radius 1 is 0.921 bits per heavy atom. The Morgan fingerprint density at radius 3 is 2.45 bits per heavy atom. The fourth-order valence-electron chi connectivity index (χ4n) is 5.66. The van der Waals surface area contributed by atoms with Crippen LogP contribution in [0.3, 0.4) is 0 Å². The van der Waals surface area contributed by atoms with E-state index in [-0.39, 0.29) is 30.3 Å². The summed E-state index contributed by atoms with van der Waals surface area (Å²) in [5.74, 6) is 0.730. The number of nitrogens with zero attached hydrogens (tertiary/aromatic N) is 4. The number of carbonyl (C=O) groups is 2. The van der Waals surface area contributed by atoms with Gasteiger partial charge < -0.3 is 14.4 Å². The van der Waals surface area contributed by atoms with Crippen molar-refractivity contribution in [2.24, 2.45) is 0 Å². The van der Waals surface area contributed by atoms with Crippen LogP contribution in [0, 0.1) is 0 Å². The molecule has 1 aliphatic rings. The number of para-hydroxylation sites is 3. The molecule has 6 heteroatoms. The van der Waals surface area contributed by atoms with Gasteiger partial charge in [-0.05, 0) is 49.6 Å². The van der Waals surface area contributed by atoms with Crippen LogP contribution in [0.1, 0.15) is 32.0 Å². The quantitative estimate of drug-likeness (QED) is 0.280. The van der Waals surface area contributed by atoms with Gasteiger partial charge in [0.25, 0.3) is 0 Å². The van der Waals surface area contributed by atoms with Gasteiger partial charge in [-0.1, -0.05) is 66.7 Å². The molecule has 5 aromatic rings. The summed E-state index contributed by atoms with van der Waals surface area (Å²) in [5.41, 5.74) is 3.53. The van der Waals surface area contributed by atoms with E-state index in [1.807, 2.05) is 107 Å². The zero-order valence-corrected chi connectivity index (χ0v) is 21.6. The number of benzene rings is 4. The fraction of sp³-hybridized carbons (Fsp3) is 0.219. The normalized spacial score (nSPS) is 15.6. The van der Waals surface area contributed by atoms with Crippen LogP contribution in [0.2, 0.25) is 0 Å². The molecule has 0 saturated carbocycles. The van der Waals surface area contributed by atoms with Gasteiger partial charge in [-0.15, -0.1) is 0 Å². The first kappa shape index (κ1) is 23.9. The minimum atomic E-state index is -0.120. The summed E-state index contributed by atoms with van der Waals surface area (Å²) in [7, 11) is 0. The van der Waals surface area contributed by atoms with Crippen molar-refractivity contribution in [3.05, 3.63) is 103 Å². The van der Waals surface area contributed by atoms with Gasteiger partial charge in [-0.25, -0.2) is 4.98 Å². The summed E-state index contributed by atoms with van der Waals surface area (Å²) in [6.07, 6.45) is 0.354. The molecule has 1 fully saturated rings. The van der Waals surface area contributed by atoms with Crippen molar-refractivity contribution in [2.75, 3.05) is 16.3 Å². The van der Waals surface area contributed by atoms with E-state index in [1.54, 1.807) is 0 Å². The molecule has 0 spiro atoms. The van der Waals surface area contributed by atoms with E-state index < -0.39 is 0 Å². The Balaban J connectivity index is 1.36. The smallest absolute Gasteiger partial charge is 0.247 e. The first-order chi connectivity index (χ1) is 18.5. The predicted molar refractivity (Wildman–Crippen MR) is 152 cm³/mol. The number of amides is 2. The first-order valence-corrected chi connectivity index (χ1v) is 13.1. The van der Waals surface area contributed by atoms with E-state index in [9.17, 15) is 9.59 Å². The fourth-order valence-corrected chi connectivity index (χ4v) is 5.66. The monoisotopic (exact) mass is 502 g/mol. The Hall–Kier alpha value is -4.45. The lowest BCUT2D eigenvalue weighted by Crippen LogP contribution is -2.39. The maximum absolute atomic E-state index is 13.8. The van der Waals surface area contributed by atoms with Crippen molar-refractivity contribution >= 4 is 45.0 Å². The highest BCUT2D eigenvalue weighted by Gasteiger charge is 2.36. The van der Waals surface area contributed by atoms with Gasteiger partial charge in [0.1, 0.15) is 12.4 Å². The minimum absolute atomic E-state index is 0.00181. The third-order valence-corrected chi connectivity index (χ3v) is 7.34. The Kier molecular flexibility index (Phi) is 6.16. The van der Waals surface area contributed by atoms with Gasteiger partial charge >= 0.3 is 0 Å². The Morgan fingerprint density at radius 2 is 1.63 bits per heavy atom. The average Bonchev–Trinajstić information content (AvgIpc) is 3.49. The van der Waals surface area contributed by atoms with Gasteiger partial charge in [0.2, 0.25) is 11.8 Å². The van der Waals surface area contributed by atoms with Crippen molar-refractivity contribution in [3.63, 3.8) is 0 Å². The number of imidazole rings is 1. The second kappa shape index (κ2) is 9.78. The van der Waals surface area contributed by atoms with E-state index in [0.29, 0.717) is 13.0 Å². The lowest BCUT2D eigenvalue weighted by atomic mass is 10.1. The average molecular weight is 503 g/mol. The van der Waals surface area contributed by atoms with Crippen molar-refractivity contribution in [3.8, 4) is 0 Å². The van der Waals surface area contributed by atoms with Gasteiger partial charge in [0.05, 0.1) is 16.7 Å². The molecule has 1 saturated heterocycles. The van der Waals surface area contributed by atoms with E-state index in [0.717, 1.165) is 39.0 Å². The molecule has 1 aliphatic heterocycles. The molecule has 190 valence electrons. The van der Waals surface area contributed by atoms with Crippen LogP contribution in [0.25, 0.3) is 21.8 Å². The van der Waals surface area contributed by atoms with E-state index in [2.05, 4.69) is 18.2 Å². The van der Waals surface area contributed by atoms with Crippen LogP contribution in [0.15, 0.2) is 97.1 Å². The molecular formula is C32H30N4O2. The van der Waals surface area contributed by atoms with Crippen LogP contribution in [-0.2, 0) is 16.1 Å². The van der Waals surface area contributed by atoms with Crippen molar-refractivity contribution < 1.29 is 9.59 Å². The third-order valence-electron chi connectivity index (χ3n) is 7.34. The minimum Gasteiger partial charge on any atom is -0.318 e. The number of hydrogen-bond donors (Lipinski definition) is 0. The van der Waals surface area contributed by atoms with Gasteiger partial charge in [-0.3, -0.25) is 9.59 Å².